The Labute approximate surface area is 93.8 Å². The van der Waals surface area contributed by atoms with Crippen molar-refractivity contribution in [1.29, 1.82) is 0 Å². The van der Waals surface area contributed by atoms with Crippen LogP contribution in [-0.2, 0) is 9.53 Å². The van der Waals surface area contributed by atoms with Crippen LogP contribution in [0.1, 0.15) is 48.0 Å². The molecule has 0 heterocycles. The number of ether oxygens (including phenoxy) is 1. The molecule has 0 bridgehead atoms. The summed E-state index contributed by atoms with van der Waals surface area (Å²) >= 11 is 0. The third-order valence-corrected chi connectivity index (χ3v) is 2.62. The molecular weight excluding hydrogens is 190 g/mol. The number of nitrogens with zero attached hydrogens (tertiary/aromatic N) is 1. The molecule has 0 atom stereocenters. The van der Waals surface area contributed by atoms with Crippen LogP contribution in [0, 0.1) is 0 Å². The third-order valence-electron chi connectivity index (χ3n) is 2.62. The summed E-state index contributed by atoms with van der Waals surface area (Å²) in [5.41, 5.74) is -0.157. The fourth-order valence-electron chi connectivity index (χ4n) is 2.51. The van der Waals surface area contributed by atoms with Crippen LogP contribution in [0.3, 0.4) is 0 Å². The maximum Gasteiger partial charge on any atom is 0.307 e. The number of carbonyl (C=O) groups excluding carboxylic acids is 1. The van der Waals surface area contributed by atoms with Gasteiger partial charge in [0.2, 0.25) is 0 Å². The molecule has 0 unspecified atom stereocenters. The molecule has 0 aliphatic heterocycles. The number of esters is 1. The summed E-state index contributed by atoms with van der Waals surface area (Å²) in [5.74, 6) is -0.147. The summed E-state index contributed by atoms with van der Waals surface area (Å²) in [5, 5.41) is 0. The molecule has 15 heavy (non-hydrogen) atoms. The topological polar surface area (TPSA) is 29.5 Å². The SMILES string of the molecule is COC(=O)CC(C)(C)N(C(C)C)C(C)C. The Bertz CT molecular complexity index is 202. The van der Waals surface area contributed by atoms with Gasteiger partial charge in [0.25, 0.3) is 0 Å². The van der Waals surface area contributed by atoms with Crippen LogP contribution in [0.15, 0.2) is 0 Å². The predicted octanol–water partition coefficient (Wildman–Crippen LogP) is 2.45. The van der Waals surface area contributed by atoms with E-state index in [0.717, 1.165) is 0 Å². The van der Waals surface area contributed by atoms with Crippen molar-refractivity contribution in [3.63, 3.8) is 0 Å². The Balaban J connectivity index is 4.71. The minimum absolute atomic E-state index is 0.147. The van der Waals surface area contributed by atoms with Crippen LogP contribution in [0.2, 0.25) is 0 Å². The largest absolute Gasteiger partial charge is 0.469 e. The van der Waals surface area contributed by atoms with Crippen molar-refractivity contribution in [2.75, 3.05) is 7.11 Å². The highest BCUT2D eigenvalue weighted by Gasteiger charge is 2.33. The van der Waals surface area contributed by atoms with Gasteiger partial charge in [0.05, 0.1) is 13.5 Å². The zero-order valence-electron chi connectivity index (χ0n) is 11.1. The summed E-state index contributed by atoms with van der Waals surface area (Å²) in [6.45, 7) is 12.8. The average Bonchev–Trinajstić information content (AvgIpc) is 2.00. The lowest BCUT2D eigenvalue weighted by atomic mass is 9.94. The number of hydrogen-bond acceptors (Lipinski definition) is 3. The zero-order valence-corrected chi connectivity index (χ0v) is 11.1. The molecule has 0 aromatic carbocycles. The molecule has 0 spiro atoms. The van der Waals surface area contributed by atoms with Gasteiger partial charge in [-0.05, 0) is 41.5 Å². The maximum absolute atomic E-state index is 11.3. The first-order chi connectivity index (χ1) is 6.72. The Hall–Kier alpha value is -0.570. The molecule has 0 aromatic heterocycles. The second-order valence-electron chi connectivity index (χ2n) is 5.16. The van der Waals surface area contributed by atoms with E-state index in [2.05, 4.69) is 46.4 Å². The molecular formula is C12H25NO2. The lowest BCUT2D eigenvalue weighted by molar-refractivity contribution is -0.144. The second-order valence-corrected chi connectivity index (χ2v) is 5.16. The number of hydrogen-bond donors (Lipinski definition) is 0. The van der Waals surface area contributed by atoms with Gasteiger partial charge in [0.15, 0.2) is 0 Å². The van der Waals surface area contributed by atoms with Crippen molar-refractivity contribution < 1.29 is 9.53 Å². The van der Waals surface area contributed by atoms with E-state index in [4.69, 9.17) is 4.74 Å². The standard InChI is InChI=1S/C12H25NO2/c1-9(2)13(10(3)4)12(5,6)8-11(14)15-7/h9-10H,8H2,1-7H3. The Kier molecular flexibility index (Phi) is 5.29. The van der Waals surface area contributed by atoms with Gasteiger partial charge in [-0.15, -0.1) is 0 Å². The summed E-state index contributed by atoms with van der Waals surface area (Å²) in [7, 11) is 1.44. The minimum Gasteiger partial charge on any atom is -0.469 e. The van der Waals surface area contributed by atoms with Crippen LogP contribution in [0.4, 0.5) is 0 Å². The molecule has 0 fully saturated rings. The summed E-state index contributed by atoms with van der Waals surface area (Å²) in [6, 6.07) is 0.842. The molecule has 90 valence electrons. The quantitative estimate of drug-likeness (QED) is 0.660. The average molecular weight is 215 g/mol. The smallest absolute Gasteiger partial charge is 0.307 e. The zero-order chi connectivity index (χ0) is 12.2. The van der Waals surface area contributed by atoms with Crippen LogP contribution in [-0.4, -0.2) is 35.6 Å². The highest BCUT2D eigenvalue weighted by atomic mass is 16.5. The van der Waals surface area contributed by atoms with Crippen LogP contribution in [0.5, 0.6) is 0 Å². The van der Waals surface area contributed by atoms with Gasteiger partial charge in [-0.25, -0.2) is 0 Å². The molecule has 3 nitrogen and oxygen atoms in total. The van der Waals surface area contributed by atoms with Crippen molar-refractivity contribution >= 4 is 5.97 Å². The molecule has 0 amide bonds. The molecule has 0 aliphatic carbocycles. The summed E-state index contributed by atoms with van der Waals surface area (Å²) in [6.07, 6.45) is 0.430. The molecule has 0 saturated carbocycles. The van der Waals surface area contributed by atoms with Crippen molar-refractivity contribution in [2.45, 2.75) is 65.6 Å². The van der Waals surface area contributed by atoms with Crippen LogP contribution >= 0.6 is 0 Å². The molecule has 0 aromatic rings. The fraction of sp³-hybridized carbons (Fsp3) is 0.917. The van der Waals surface area contributed by atoms with Gasteiger partial charge < -0.3 is 4.74 Å². The van der Waals surface area contributed by atoms with E-state index in [1.807, 2.05) is 0 Å². The highest BCUT2D eigenvalue weighted by Crippen LogP contribution is 2.24. The Morgan fingerprint density at radius 2 is 1.60 bits per heavy atom. The van der Waals surface area contributed by atoms with E-state index in [0.29, 0.717) is 18.5 Å². The summed E-state index contributed by atoms with van der Waals surface area (Å²) < 4.78 is 4.73. The van der Waals surface area contributed by atoms with E-state index in [-0.39, 0.29) is 11.5 Å². The Morgan fingerprint density at radius 1 is 1.20 bits per heavy atom. The summed E-state index contributed by atoms with van der Waals surface area (Å²) in [4.78, 5) is 13.7. The second kappa shape index (κ2) is 5.50. The first kappa shape index (κ1) is 14.4. The van der Waals surface area contributed by atoms with Gasteiger partial charge in [0.1, 0.15) is 0 Å². The van der Waals surface area contributed by atoms with E-state index >= 15 is 0 Å². The lowest BCUT2D eigenvalue weighted by Crippen LogP contribution is -2.52. The van der Waals surface area contributed by atoms with E-state index in [1.165, 1.54) is 7.11 Å². The molecule has 0 rings (SSSR count). The van der Waals surface area contributed by atoms with Gasteiger partial charge in [-0.1, -0.05) is 0 Å². The van der Waals surface area contributed by atoms with Crippen LogP contribution < -0.4 is 0 Å². The van der Waals surface area contributed by atoms with Gasteiger partial charge in [-0.2, -0.15) is 0 Å². The lowest BCUT2D eigenvalue weighted by Gasteiger charge is -2.43. The number of rotatable bonds is 5. The maximum atomic E-state index is 11.3. The van der Waals surface area contributed by atoms with Gasteiger partial charge >= 0.3 is 5.97 Å². The third kappa shape index (κ3) is 4.20. The molecule has 0 aliphatic rings. The number of methoxy groups -OCH3 is 1. The number of carbonyl (C=O) groups is 1. The van der Waals surface area contributed by atoms with Crippen LogP contribution in [0.25, 0.3) is 0 Å². The highest BCUT2D eigenvalue weighted by molar-refractivity contribution is 5.70. The van der Waals surface area contributed by atoms with Crippen molar-refractivity contribution in [3.8, 4) is 0 Å². The van der Waals surface area contributed by atoms with E-state index in [1.54, 1.807) is 0 Å². The Morgan fingerprint density at radius 3 is 1.87 bits per heavy atom. The molecule has 3 heteroatoms. The predicted molar refractivity (Wildman–Crippen MR) is 62.8 cm³/mol. The molecule has 0 N–H and O–H groups in total. The van der Waals surface area contributed by atoms with Gasteiger partial charge in [-0.3, -0.25) is 9.69 Å². The monoisotopic (exact) mass is 215 g/mol. The molecule has 0 saturated heterocycles. The fourth-order valence-corrected chi connectivity index (χ4v) is 2.51. The first-order valence-electron chi connectivity index (χ1n) is 5.57. The first-order valence-corrected chi connectivity index (χ1v) is 5.57. The van der Waals surface area contributed by atoms with E-state index in [9.17, 15) is 4.79 Å². The van der Waals surface area contributed by atoms with E-state index < -0.39 is 0 Å². The van der Waals surface area contributed by atoms with Crippen molar-refractivity contribution in [2.24, 2.45) is 0 Å². The normalized spacial score (nSPS) is 12.7. The van der Waals surface area contributed by atoms with Gasteiger partial charge in [0, 0.05) is 17.6 Å². The molecule has 0 radical (unpaired) electrons. The van der Waals surface area contributed by atoms with Crippen molar-refractivity contribution in [3.05, 3.63) is 0 Å². The minimum atomic E-state index is -0.157. The van der Waals surface area contributed by atoms with Crippen molar-refractivity contribution in [1.82, 2.24) is 4.90 Å².